The van der Waals surface area contributed by atoms with Crippen molar-refractivity contribution in [3.8, 4) is 11.1 Å². The second-order valence-corrected chi connectivity index (χ2v) is 4.16. The number of anilines is 1. The van der Waals surface area contributed by atoms with E-state index in [1.54, 1.807) is 18.2 Å². The molecule has 3 heteroatoms. The van der Waals surface area contributed by atoms with Gasteiger partial charge in [-0.15, -0.1) is 0 Å². The van der Waals surface area contributed by atoms with Gasteiger partial charge in [0, 0.05) is 11.3 Å². The van der Waals surface area contributed by atoms with Crippen molar-refractivity contribution in [2.75, 3.05) is 5.73 Å². The van der Waals surface area contributed by atoms with Gasteiger partial charge in [0.1, 0.15) is 5.82 Å². The molecule has 0 aromatic heterocycles. The fourth-order valence-corrected chi connectivity index (χ4v) is 1.96. The maximum absolute atomic E-state index is 13.3. The Morgan fingerprint density at radius 2 is 1.88 bits per heavy atom. The van der Waals surface area contributed by atoms with Crippen LogP contribution in [-0.4, -0.2) is 0 Å². The average Bonchev–Trinajstić information content (AvgIpc) is 2.15. The lowest BCUT2D eigenvalue weighted by atomic mass is 10.0. The smallest absolute Gasteiger partial charge is 0.124 e. The molecule has 2 aromatic rings. The van der Waals surface area contributed by atoms with Crippen LogP contribution in [0.25, 0.3) is 11.1 Å². The summed E-state index contributed by atoms with van der Waals surface area (Å²) in [4.78, 5) is 0. The minimum atomic E-state index is -0.261. The number of hydrogen-bond donors (Lipinski definition) is 1. The third-order valence-electron chi connectivity index (χ3n) is 2.35. The van der Waals surface area contributed by atoms with Gasteiger partial charge < -0.3 is 5.73 Å². The highest BCUT2D eigenvalue weighted by Gasteiger charge is 2.05. The third-order valence-corrected chi connectivity index (χ3v) is 2.66. The lowest BCUT2D eigenvalue weighted by Crippen LogP contribution is -1.87. The first-order chi connectivity index (χ1) is 7.56. The van der Waals surface area contributed by atoms with Crippen molar-refractivity contribution in [1.82, 2.24) is 0 Å². The molecular weight excluding hydrogens is 225 g/mol. The number of hydrogen-bond acceptors (Lipinski definition) is 1. The standard InChI is InChI=1S/C13H11ClFN/c1-8-4-9(6-10(15)5-8)12-3-2-11(16)7-13(12)14/h2-7H,16H2,1H3. The Morgan fingerprint density at radius 1 is 1.12 bits per heavy atom. The van der Waals surface area contributed by atoms with Gasteiger partial charge in [0.25, 0.3) is 0 Å². The maximum atomic E-state index is 13.3. The van der Waals surface area contributed by atoms with Gasteiger partial charge in [-0.1, -0.05) is 23.7 Å². The third kappa shape index (κ3) is 2.17. The van der Waals surface area contributed by atoms with Crippen LogP contribution in [0.4, 0.5) is 10.1 Å². The lowest BCUT2D eigenvalue weighted by Gasteiger charge is -2.06. The minimum Gasteiger partial charge on any atom is -0.399 e. The highest BCUT2D eigenvalue weighted by Crippen LogP contribution is 2.30. The molecule has 0 aliphatic rings. The Morgan fingerprint density at radius 3 is 2.50 bits per heavy atom. The van der Waals surface area contributed by atoms with Crippen molar-refractivity contribution in [2.24, 2.45) is 0 Å². The highest BCUT2D eigenvalue weighted by molar-refractivity contribution is 6.33. The Kier molecular flexibility index (Phi) is 2.84. The normalized spacial score (nSPS) is 10.4. The topological polar surface area (TPSA) is 26.0 Å². The summed E-state index contributed by atoms with van der Waals surface area (Å²) in [7, 11) is 0. The van der Waals surface area contributed by atoms with E-state index in [0.29, 0.717) is 10.7 Å². The summed E-state index contributed by atoms with van der Waals surface area (Å²) in [5.74, 6) is -0.261. The SMILES string of the molecule is Cc1cc(F)cc(-c2ccc(N)cc2Cl)c1. The van der Waals surface area contributed by atoms with E-state index in [1.807, 2.05) is 13.0 Å². The molecule has 0 fully saturated rings. The van der Waals surface area contributed by atoms with E-state index in [2.05, 4.69) is 0 Å². The monoisotopic (exact) mass is 235 g/mol. The summed E-state index contributed by atoms with van der Waals surface area (Å²) in [5, 5.41) is 0.532. The van der Waals surface area contributed by atoms with Crippen LogP contribution in [0.1, 0.15) is 5.56 Å². The molecule has 0 spiro atoms. The molecule has 0 aliphatic carbocycles. The van der Waals surface area contributed by atoms with Gasteiger partial charge in [-0.25, -0.2) is 4.39 Å². The van der Waals surface area contributed by atoms with Crippen LogP contribution in [0.2, 0.25) is 5.02 Å². The molecule has 0 atom stereocenters. The Hall–Kier alpha value is -1.54. The zero-order valence-electron chi connectivity index (χ0n) is 8.80. The largest absolute Gasteiger partial charge is 0.399 e. The molecule has 0 bridgehead atoms. The van der Waals surface area contributed by atoms with Crippen LogP contribution >= 0.6 is 11.6 Å². The number of aryl methyl sites for hydroxylation is 1. The van der Waals surface area contributed by atoms with Crippen molar-refractivity contribution in [3.05, 3.63) is 52.8 Å². The predicted octanol–water partition coefficient (Wildman–Crippen LogP) is 4.04. The first-order valence-electron chi connectivity index (χ1n) is 4.89. The zero-order chi connectivity index (χ0) is 11.7. The van der Waals surface area contributed by atoms with E-state index in [0.717, 1.165) is 16.7 Å². The quantitative estimate of drug-likeness (QED) is 0.742. The Balaban J connectivity index is 2.58. The van der Waals surface area contributed by atoms with Gasteiger partial charge in [0.2, 0.25) is 0 Å². The van der Waals surface area contributed by atoms with Crippen molar-refractivity contribution in [3.63, 3.8) is 0 Å². The molecule has 0 heterocycles. The predicted molar refractivity (Wildman–Crippen MR) is 66.0 cm³/mol. The first-order valence-corrected chi connectivity index (χ1v) is 5.26. The van der Waals surface area contributed by atoms with Crippen LogP contribution in [0.15, 0.2) is 36.4 Å². The van der Waals surface area contributed by atoms with Gasteiger partial charge in [0.05, 0.1) is 5.02 Å². The summed E-state index contributed by atoms with van der Waals surface area (Å²) in [5.41, 5.74) is 8.63. The number of benzene rings is 2. The maximum Gasteiger partial charge on any atom is 0.124 e. The van der Waals surface area contributed by atoms with Crippen LogP contribution in [0.5, 0.6) is 0 Å². The van der Waals surface area contributed by atoms with Crippen LogP contribution in [0.3, 0.4) is 0 Å². The summed E-state index contributed by atoms with van der Waals surface area (Å²) in [6.07, 6.45) is 0. The van der Waals surface area contributed by atoms with Crippen molar-refractivity contribution in [1.29, 1.82) is 0 Å². The molecule has 82 valence electrons. The number of halogens is 2. The number of nitrogen functional groups attached to an aromatic ring is 1. The summed E-state index contributed by atoms with van der Waals surface area (Å²) < 4.78 is 13.3. The van der Waals surface area contributed by atoms with Crippen LogP contribution < -0.4 is 5.73 Å². The van der Waals surface area contributed by atoms with E-state index < -0.39 is 0 Å². The molecule has 0 unspecified atom stereocenters. The van der Waals surface area contributed by atoms with Crippen molar-refractivity contribution in [2.45, 2.75) is 6.92 Å². The van der Waals surface area contributed by atoms with Gasteiger partial charge in [0.15, 0.2) is 0 Å². The van der Waals surface area contributed by atoms with Crippen molar-refractivity contribution < 1.29 is 4.39 Å². The summed E-state index contributed by atoms with van der Waals surface area (Å²) in [6, 6.07) is 10.0. The molecule has 0 aliphatic heterocycles. The zero-order valence-corrected chi connectivity index (χ0v) is 9.55. The van der Waals surface area contributed by atoms with E-state index in [-0.39, 0.29) is 5.82 Å². The Labute approximate surface area is 98.7 Å². The van der Waals surface area contributed by atoms with Crippen LogP contribution in [0, 0.1) is 12.7 Å². The average molecular weight is 236 g/mol. The molecule has 2 aromatic carbocycles. The van der Waals surface area contributed by atoms with E-state index >= 15 is 0 Å². The second kappa shape index (κ2) is 4.14. The molecule has 0 saturated carbocycles. The molecule has 2 N–H and O–H groups in total. The first kappa shape index (κ1) is 11.0. The minimum absolute atomic E-state index is 0.261. The van der Waals surface area contributed by atoms with Crippen molar-refractivity contribution >= 4 is 17.3 Å². The Bertz CT molecular complexity index is 517. The van der Waals surface area contributed by atoms with E-state index in [9.17, 15) is 4.39 Å². The van der Waals surface area contributed by atoms with Gasteiger partial charge in [-0.3, -0.25) is 0 Å². The molecule has 16 heavy (non-hydrogen) atoms. The summed E-state index contributed by atoms with van der Waals surface area (Å²) >= 11 is 6.07. The molecule has 0 saturated heterocycles. The number of nitrogens with two attached hydrogens (primary N) is 1. The fraction of sp³-hybridized carbons (Fsp3) is 0.0769. The highest BCUT2D eigenvalue weighted by atomic mass is 35.5. The molecule has 2 rings (SSSR count). The summed E-state index contributed by atoms with van der Waals surface area (Å²) in [6.45, 7) is 1.85. The fourth-order valence-electron chi connectivity index (χ4n) is 1.66. The van der Waals surface area contributed by atoms with Crippen LogP contribution in [-0.2, 0) is 0 Å². The molecular formula is C13H11ClFN. The molecule has 1 nitrogen and oxygen atoms in total. The molecule has 0 amide bonds. The van der Waals surface area contributed by atoms with E-state index in [4.69, 9.17) is 17.3 Å². The second-order valence-electron chi connectivity index (χ2n) is 3.76. The van der Waals surface area contributed by atoms with E-state index in [1.165, 1.54) is 12.1 Å². The van der Waals surface area contributed by atoms with Gasteiger partial charge >= 0.3 is 0 Å². The van der Waals surface area contributed by atoms with Gasteiger partial charge in [-0.2, -0.15) is 0 Å². The molecule has 0 radical (unpaired) electrons. The number of rotatable bonds is 1. The lowest BCUT2D eigenvalue weighted by molar-refractivity contribution is 0.627. The van der Waals surface area contributed by atoms with Gasteiger partial charge in [-0.05, 0) is 42.3 Å².